The van der Waals surface area contributed by atoms with Crippen molar-refractivity contribution in [3.8, 4) is 0 Å². The average molecular weight is 321 g/mol. The van der Waals surface area contributed by atoms with E-state index in [-0.39, 0.29) is 0 Å². The van der Waals surface area contributed by atoms with Gasteiger partial charge in [0.15, 0.2) is 0 Å². The van der Waals surface area contributed by atoms with Gasteiger partial charge in [-0.3, -0.25) is 0 Å². The van der Waals surface area contributed by atoms with Crippen molar-refractivity contribution in [3.05, 3.63) is 35.1 Å². The number of rotatable bonds is 4. The van der Waals surface area contributed by atoms with Crippen molar-refractivity contribution in [3.63, 3.8) is 0 Å². The number of halogens is 3. The first-order chi connectivity index (χ1) is 10.0. The topological polar surface area (TPSA) is 78.8 Å². The summed E-state index contributed by atoms with van der Waals surface area (Å²) in [6.07, 6.45) is -4.55. The van der Waals surface area contributed by atoms with Crippen molar-refractivity contribution in [1.82, 2.24) is 5.32 Å². The van der Waals surface area contributed by atoms with Gasteiger partial charge < -0.3 is 20.3 Å². The van der Waals surface area contributed by atoms with Gasteiger partial charge in [0, 0.05) is 18.7 Å². The van der Waals surface area contributed by atoms with E-state index in [0.29, 0.717) is 12.1 Å². The highest BCUT2D eigenvalue weighted by Crippen LogP contribution is 2.24. The first-order valence-electron chi connectivity index (χ1n) is 6.48. The Labute approximate surface area is 125 Å². The number of carbonyl (C=O) groups is 1. The molecule has 1 aromatic carbocycles. The first-order valence-corrected chi connectivity index (χ1v) is 6.48. The lowest BCUT2D eigenvalue weighted by molar-refractivity contribution is 0.00946. The normalized spacial score (nSPS) is 14.4. The molecule has 0 bridgehead atoms. The lowest BCUT2D eigenvalue weighted by Crippen LogP contribution is -2.39. The van der Waals surface area contributed by atoms with Crippen molar-refractivity contribution >= 4 is 6.09 Å². The average Bonchev–Trinajstić information content (AvgIpc) is 2.32. The summed E-state index contributed by atoms with van der Waals surface area (Å²) in [5, 5.41) is 21.6. The van der Waals surface area contributed by atoms with Gasteiger partial charge >= 0.3 is 6.09 Å². The predicted octanol–water partition coefficient (Wildman–Crippen LogP) is 2.02. The molecule has 0 saturated heterocycles. The Hall–Kier alpha value is -1.80. The molecule has 5 nitrogen and oxygen atoms in total. The predicted molar refractivity (Wildman–Crippen MR) is 71.5 cm³/mol. The Morgan fingerprint density at radius 1 is 1.23 bits per heavy atom. The molecule has 1 rings (SSSR count). The van der Waals surface area contributed by atoms with Crippen LogP contribution >= 0.6 is 0 Å². The Bertz CT molecular complexity index is 522. The van der Waals surface area contributed by atoms with E-state index in [4.69, 9.17) is 4.74 Å². The zero-order valence-corrected chi connectivity index (χ0v) is 12.4. The maximum Gasteiger partial charge on any atom is 0.407 e. The van der Waals surface area contributed by atoms with Crippen molar-refractivity contribution in [2.45, 2.75) is 38.6 Å². The van der Waals surface area contributed by atoms with Gasteiger partial charge in [-0.05, 0) is 20.8 Å². The minimum absolute atomic E-state index is 0.385. The van der Waals surface area contributed by atoms with Crippen molar-refractivity contribution in [2.75, 3.05) is 6.54 Å². The quantitative estimate of drug-likeness (QED) is 0.793. The number of aliphatic hydroxyl groups excluding tert-OH is 2. The van der Waals surface area contributed by atoms with Crippen LogP contribution in [0.5, 0.6) is 0 Å². The molecule has 0 fully saturated rings. The summed E-state index contributed by atoms with van der Waals surface area (Å²) in [5.74, 6) is -3.81. The van der Waals surface area contributed by atoms with Gasteiger partial charge in [0.05, 0.1) is 5.56 Å². The summed E-state index contributed by atoms with van der Waals surface area (Å²) in [6, 6.07) is 0.769. The van der Waals surface area contributed by atoms with E-state index in [1.165, 1.54) is 0 Å². The van der Waals surface area contributed by atoms with E-state index in [9.17, 15) is 28.2 Å². The Balaban J connectivity index is 2.70. The summed E-state index contributed by atoms with van der Waals surface area (Å²) in [7, 11) is 0. The highest BCUT2D eigenvalue weighted by molar-refractivity contribution is 5.67. The van der Waals surface area contributed by atoms with Crippen molar-refractivity contribution in [2.24, 2.45) is 0 Å². The Morgan fingerprint density at radius 3 is 2.18 bits per heavy atom. The van der Waals surface area contributed by atoms with Crippen molar-refractivity contribution in [1.29, 1.82) is 0 Å². The van der Waals surface area contributed by atoms with Gasteiger partial charge in [-0.25, -0.2) is 18.0 Å². The maximum absolute atomic E-state index is 13.5. The fourth-order valence-corrected chi connectivity index (χ4v) is 1.64. The number of aliphatic hydroxyl groups is 2. The number of amides is 1. The molecular weight excluding hydrogens is 303 g/mol. The third-order valence-corrected chi connectivity index (χ3v) is 2.56. The standard InChI is InChI=1S/C14H18F3NO4/c1-14(2,3)22-13(21)18-6-10(19)12(20)11-8(16)4-7(15)5-9(11)17/h4-5,10,12,19-20H,6H2,1-3H3,(H,18,21). The number of alkyl carbamates (subject to hydrolysis) is 1. The smallest absolute Gasteiger partial charge is 0.407 e. The molecule has 0 saturated carbocycles. The summed E-state index contributed by atoms with van der Waals surface area (Å²) in [5.41, 5.74) is -1.64. The SMILES string of the molecule is CC(C)(C)OC(=O)NCC(O)C(O)c1c(F)cc(F)cc1F. The van der Waals surface area contributed by atoms with Crippen LogP contribution in [0.1, 0.15) is 32.4 Å². The van der Waals surface area contributed by atoms with Crippen LogP contribution in [0, 0.1) is 17.5 Å². The molecule has 3 N–H and O–H groups in total. The Morgan fingerprint density at radius 2 is 1.73 bits per heavy atom. The second-order valence-electron chi connectivity index (χ2n) is 5.68. The zero-order valence-electron chi connectivity index (χ0n) is 12.4. The van der Waals surface area contributed by atoms with Crippen LogP contribution in [0.2, 0.25) is 0 Å². The monoisotopic (exact) mass is 321 g/mol. The lowest BCUT2D eigenvalue weighted by atomic mass is 10.0. The molecule has 1 amide bonds. The minimum atomic E-state index is -1.98. The fourth-order valence-electron chi connectivity index (χ4n) is 1.64. The fraction of sp³-hybridized carbons (Fsp3) is 0.500. The Kier molecular flexibility index (Phi) is 5.78. The molecule has 0 aliphatic rings. The third-order valence-electron chi connectivity index (χ3n) is 2.56. The molecule has 0 spiro atoms. The van der Waals surface area contributed by atoms with E-state index < -0.39 is 53.5 Å². The number of benzene rings is 1. The van der Waals surface area contributed by atoms with Crippen LogP contribution < -0.4 is 5.32 Å². The number of hydrogen-bond acceptors (Lipinski definition) is 4. The molecule has 2 atom stereocenters. The molecule has 0 heterocycles. The van der Waals surface area contributed by atoms with Crippen molar-refractivity contribution < 1.29 is 32.9 Å². The molecule has 0 aliphatic carbocycles. The van der Waals surface area contributed by atoms with E-state index in [0.717, 1.165) is 0 Å². The van der Waals surface area contributed by atoms with E-state index >= 15 is 0 Å². The van der Waals surface area contributed by atoms with Gasteiger partial charge in [0.1, 0.15) is 35.3 Å². The molecule has 0 aromatic heterocycles. The van der Waals surface area contributed by atoms with Crippen LogP contribution in [0.4, 0.5) is 18.0 Å². The molecular formula is C14H18F3NO4. The van der Waals surface area contributed by atoms with E-state index in [2.05, 4.69) is 5.32 Å². The molecule has 1 aromatic rings. The summed E-state index contributed by atoms with van der Waals surface area (Å²) < 4.78 is 44.6. The van der Waals surface area contributed by atoms with Crippen LogP contribution in [-0.2, 0) is 4.74 Å². The number of carbonyl (C=O) groups excluding carboxylic acids is 1. The molecule has 0 radical (unpaired) electrons. The zero-order chi connectivity index (χ0) is 17.1. The number of nitrogens with one attached hydrogen (secondary N) is 1. The third kappa shape index (κ3) is 5.19. The summed E-state index contributed by atoms with van der Waals surface area (Å²) in [6.45, 7) is 4.37. The number of hydrogen-bond donors (Lipinski definition) is 3. The van der Waals surface area contributed by atoms with Crippen LogP contribution in [-0.4, -0.2) is 34.6 Å². The highest BCUT2D eigenvalue weighted by Gasteiger charge is 2.27. The van der Waals surface area contributed by atoms with Crippen LogP contribution in [0.25, 0.3) is 0 Å². The summed E-state index contributed by atoms with van der Waals surface area (Å²) in [4.78, 5) is 11.4. The molecule has 124 valence electrons. The highest BCUT2D eigenvalue weighted by atomic mass is 19.1. The van der Waals surface area contributed by atoms with Gasteiger partial charge in [-0.15, -0.1) is 0 Å². The molecule has 0 aliphatic heterocycles. The number of ether oxygens (including phenoxy) is 1. The van der Waals surface area contributed by atoms with Crippen LogP contribution in [0.3, 0.4) is 0 Å². The second-order valence-corrected chi connectivity index (χ2v) is 5.68. The second kappa shape index (κ2) is 6.97. The largest absolute Gasteiger partial charge is 0.444 e. The van der Waals surface area contributed by atoms with E-state index in [1.807, 2.05) is 0 Å². The van der Waals surface area contributed by atoms with Gasteiger partial charge in [0.2, 0.25) is 0 Å². The summed E-state index contributed by atoms with van der Waals surface area (Å²) >= 11 is 0. The van der Waals surface area contributed by atoms with Gasteiger partial charge in [0.25, 0.3) is 0 Å². The molecule has 8 heteroatoms. The molecule has 2 unspecified atom stereocenters. The van der Waals surface area contributed by atoms with E-state index in [1.54, 1.807) is 20.8 Å². The lowest BCUT2D eigenvalue weighted by Gasteiger charge is -2.22. The molecule has 22 heavy (non-hydrogen) atoms. The minimum Gasteiger partial charge on any atom is -0.444 e. The maximum atomic E-state index is 13.5. The van der Waals surface area contributed by atoms with Gasteiger partial charge in [-0.2, -0.15) is 0 Å². The van der Waals surface area contributed by atoms with Crippen LogP contribution in [0.15, 0.2) is 12.1 Å². The van der Waals surface area contributed by atoms with Gasteiger partial charge in [-0.1, -0.05) is 0 Å². The first kappa shape index (κ1) is 18.2.